The molecular weight excluding hydrogens is 370 g/mol. The summed E-state index contributed by atoms with van der Waals surface area (Å²) in [6, 6.07) is 4.05. The number of hydrogen-bond donors (Lipinski definition) is 3. The predicted molar refractivity (Wildman–Crippen MR) is 94.5 cm³/mol. The van der Waals surface area contributed by atoms with Gasteiger partial charge in [0.05, 0.1) is 12.5 Å². The maximum absolute atomic E-state index is 13.8. The summed E-state index contributed by atoms with van der Waals surface area (Å²) in [4.78, 5) is 16.5. The van der Waals surface area contributed by atoms with E-state index in [1.165, 1.54) is 18.3 Å². The smallest absolute Gasteiger partial charge is 0.251 e. The largest absolute Gasteiger partial charge is 0.394 e. The highest BCUT2D eigenvalue weighted by Crippen LogP contribution is 2.37. The predicted octanol–water partition coefficient (Wildman–Crippen LogP) is 2.37. The van der Waals surface area contributed by atoms with Crippen LogP contribution in [0.1, 0.15) is 34.5 Å². The van der Waals surface area contributed by atoms with Crippen molar-refractivity contribution in [1.82, 2.24) is 20.8 Å². The van der Waals surface area contributed by atoms with Gasteiger partial charge in [0.2, 0.25) is 0 Å². The monoisotopic (exact) mass is 386 g/mol. The summed E-state index contributed by atoms with van der Waals surface area (Å²) in [6.07, 6.45) is 5.21. The third kappa shape index (κ3) is 3.44. The van der Waals surface area contributed by atoms with Crippen LogP contribution in [0.4, 0.5) is 8.78 Å². The van der Waals surface area contributed by atoms with Crippen molar-refractivity contribution in [2.24, 2.45) is 5.92 Å². The fourth-order valence-electron chi connectivity index (χ4n) is 3.05. The third-order valence-electron chi connectivity index (χ3n) is 4.59. The Morgan fingerprint density at radius 3 is 2.86 bits per heavy atom. The lowest BCUT2D eigenvalue weighted by Gasteiger charge is -2.16. The number of benzene rings is 1. The zero-order valence-corrected chi connectivity index (χ0v) is 14.5. The minimum atomic E-state index is -0.932. The summed E-state index contributed by atoms with van der Waals surface area (Å²) in [5, 5.41) is 18.9. The maximum Gasteiger partial charge on any atom is 0.251 e. The molecule has 1 aromatic carbocycles. The van der Waals surface area contributed by atoms with Gasteiger partial charge in [-0.25, -0.2) is 8.78 Å². The summed E-state index contributed by atoms with van der Waals surface area (Å²) < 4.78 is 32.0. The summed E-state index contributed by atoms with van der Waals surface area (Å²) in [5.74, 6) is -1.36. The average molecular weight is 386 g/mol. The van der Waals surface area contributed by atoms with Crippen molar-refractivity contribution in [2.45, 2.75) is 12.5 Å². The molecule has 1 aliphatic carbocycles. The van der Waals surface area contributed by atoms with Crippen LogP contribution in [0.25, 0.3) is 5.57 Å². The number of aliphatic hydroxyl groups excluding tert-OH is 1. The third-order valence-corrected chi connectivity index (χ3v) is 4.59. The lowest BCUT2D eigenvalue weighted by molar-refractivity contribution is 0.0901. The topological polar surface area (TPSA) is 100 Å². The Hall–Kier alpha value is -3.33. The van der Waals surface area contributed by atoms with Crippen LogP contribution in [0, 0.1) is 11.7 Å². The van der Waals surface area contributed by atoms with Gasteiger partial charge in [-0.2, -0.15) is 4.98 Å². The first-order valence-electron chi connectivity index (χ1n) is 8.59. The fraction of sp³-hybridized carbons (Fsp3) is 0.211. The Morgan fingerprint density at radius 1 is 1.32 bits per heavy atom. The van der Waals surface area contributed by atoms with Crippen LogP contribution in [-0.4, -0.2) is 27.8 Å². The summed E-state index contributed by atoms with van der Waals surface area (Å²) >= 11 is 0. The Morgan fingerprint density at radius 2 is 2.11 bits per heavy atom. The van der Waals surface area contributed by atoms with Crippen molar-refractivity contribution >= 4 is 11.5 Å². The van der Waals surface area contributed by atoms with Crippen LogP contribution in [0.15, 0.2) is 58.7 Å². The maximum atomic E-state index is 13.8. The van der Waals surface area contributed by atoms with Gasteiger partial charge in [-0.3, -0.25) is 4.79 Å². The van der Waals surface area contributed by atoms with E-state index in [9.17, 15) is 18.7 Å². The molecule has 3 N–H and O–H groups in total. The van der Waals surface area contributed by atoms with Crippen LogP contribution in [-0.2, 0) is 0 Å². The number of aromatic nitrogens is 2. The number of aliphatic hydroxyl groups is 1. The Balaban J connectivity index is 1.49. The summed E-state index contributed by atoms with van der Waals surface area (Å²) in [7, 11) is 0. The number of carbonyl (C=O) groups is 1. The zero-order chi connectivity index (χ0) is 19.7. The number of fused-ring (bicyclic) bond motifs is 1. The number of amides is 1. The van der Waals surface area contributed by atoms with Crippen LogP contribution in [0.5, 0.6) is 0 Å². The number of rotatable bonds is 5. The molecule has 0 spiro atoms. The highest BCUT2D eigenvalue weighted by Gasteiger charge is 2.30. The van der Waals surface area contributed by atoms with Gasteiger partial charge in [0.15, 0.2) is 5.82 Å². The first-order valence-corrected chi connectivity index (χ1v) is 8.59. The van der Waals surface area contributed by atoms with Crippen molar-refractivity contribution in [1.29, 1.82) is 0 Å². The Bertz CT molecular complexity index is 995. The van der Waals surface area contributed by atoms with E-state index in [-0.39, 0.29) is 23.1 Å². The number of allylic oxidation sites excluding steroid dienone is 4. The molecule has 7 nitrogen and oxygen atoms in total. The van der Waals surface area contributed by atoms with E-state index in [2.05, 4.69) is 20.8 Å². The van der Waals surface area contributed by atoms with Crippen LogP contribution >= 0.6 is 0 Å². The molecule has 1 aromatic heterocycles. The first-order chi connectivity index (χ1) is 13.5. The Kier molecular flexibility index (Phi) is 4.74. The minimum absolute atomic E-state index is 0.0178. The van der Waals surface area contributed by atoms with Crippen molar-refractivity contribution in [3.8, 4) is 0 Å². The van der Waals surface area contributed by atoms with Crippen molar-refractivity contribution < 1.29 is 23.2 Å². The van der Waals surface area contributed by atoms with E-state index in [0.717, 1.165) is 17.8 Å². The number of hydrogen-bond acceptors (Lipinski definition) is 6. The molecule has 2 aromatic rings. The molecule has 0 saturated heterocycles. The standard InChI is InChI=1S/C19H16F2N4O3/c20-12-4-1-10(2-5-12)18(27)23-16(9-26)19-24-17(25-28-19)11-3-6-15-13(7-11)14(21)8-22-15/h1-6,8,13,16,22,26H,7,9H2,(H,23,27)/t13?,16-/m0/s1. The van der Waals surface area contributed by atoms with Crippen LogP contribution in [0.2, 0.25) is 0 Å². The molecule has 0 radical (unpaired) electrons. The molecule has 1 amide bonds. The molecule has 28 heavy (non-hydrogen) atoms. The lowest BCUT2D eigenvalue weighted by atomic mass is 9.91. The highest BCUT2D eigenvalue weighted by molar-refractivity contribution is 5.94. The second-order valence-electron chi connectivity index (χ2n) is 6.42. The normalized spacial score (nSPS) is 19.1. The molecule has 1 unspecified atom stereocenters. The van der Waals surface area contributed by atoms with Gasteiger partial charge in [-0.15, -0.1) is 0 Å². The molecule has 4 rings (SSSR count). The highest BCUT2D eigenvalue weighted by atomic mass is 19.1. The van der Waals surface area contributed by atoms with E-state index < -0.39 is 30.3 Å². The van der Waals surface area contributed by atoms with E-state index in [1.54, 1.807) is 12.2 Å². The van der Waals surface area contributed by atoms with Gasteiger partial charge in [0.25, 0.3) is 11.8 Å². The van der Waals surface area contributed by atoms with E-state index in [4.69, 9.17) is 4.52 Å². The molecule has 2 aliphatic rings. The molecule has 1 aliphatic heterocycles. The minimum Gasteiger partial charge on any atom is -0.394 e. The van der Waals surface area contributed by atoms with E-state index in [0.29, 0.717) is 12.0 Å². The van der Waals surface area contributed by atoms with Crippen molar-refractivity contribution in [3.63, 3.8) is 0 Å². The molecule has 2 heterocycles. The van der Waals surface area contributed by atoms with Gasteiger partial charge in [-0.05, 0) is 36.8 Å². The number of nitrogens with zero attached hydrogens (tertiary/aromatic N) is 2. The second kappa shape index (κ2) is 7.35. The number of carbonyl (C=O) groups excluding carboxylic acids is 1. The summed E-state index contributed by atoms with van der Waals surface area (Å²) in [6.45, 7) is -0.471. The van der Waals surface area contributed by atoms with Gasteiger partial charge >= 0.3 is 0 Å². The zero-order valence-electron chi connectivity index (χ0n) is 14.5. The van der Waals surface area contributed by atoms with Gasteiger partial charge in [-0.1, -0.05) is 11.2 Å². The van der Waals surface area contributed by atoms with Gasteiger partial charge in [0.1, 0.15) is 17.7 Å². The Labute approximate surface area is 158 Å². The van der Waals surface area contributed by atoms with Gasteiger partial charge in [0, 0.05) is 23.0 Å². The molecule has 9 heteroatoms. The van der Waals surface area contributed by atoms with Crippen molar-refractivity contribution in [2.75, 3.05) is 6.61 Å². The second-order valence-corrected chi connectivity index (χ2v) is 6.42. The molecule has 0 fully saturated rings. The average Bonchev–Trinajstić information content (AvgIpc) is 3.34. The molecule has 0 bridgehead atoms. The van der Waals surface area contributed by atoms with Crippen LogP contribution in [0.3, 0.4) is 0 Å². The number of nitrogens with one attached hydrogen (secondary N) is 2. The van der Waals surface area contributed by atoms with Crippen molar-refractivity contribution in [3.05, 3.63) is 77.2 Å². The van der Waals surface area contributed by atoms with E-state index in [1.807, 2.05) is 0 Å². The van der Waals surface area contributed by atoms with E-state index >= 15 is 0 Å². The van der Waals surface area contributed by atoms with Gasteiger partial charge < -0.3 is 20.3 Å². The summed E-state index contributed by atoms with van der Waals surface area (Å²) in [5.41, 5.74) is 1.67. The first kappa shape index (κ1) is 18.1. The lowest BCUT2D eigenvalue weighted by Crippen LogP contribution is -2.31. The quantitative estimate of drug-likeness (QED) is 0.730. The molecule has 144 valence electrons. The molecule has 2 atom stereocenters. The molecule has 0 saturated carbocycles. The van der Waals surface area contributed by atoms with Crippen LogP contribution < -0.4 is 10.6 Å². The SMILES string of the molecule is O=C(N[C@@H](CO)c1nc(C2=CC=C3NC=C(F)C3C2)no1)c1ccc(F)cc1. The fourth-order valence-corrected chi connectivity index (χ4v) is 3.05. The molecular formula is C19H16F2N4O3. The number of halogens is 2.